The highest BCUT2D eigenvalue weighted by molar-refractivity contribution is 7.22. The highest BCUT2D eigenvalue weighted by Gasteiger charge is 2.27. The maximum absolute atomic E-state index is 13.0. The fourth-order valence-electron chi connectivity index (χ4n) is 3.25. The van der Waals surface area contributed by atoms with Crippen LogP contribution in [0.25, 0.3) is 15.6 Å². The van der Waals surface area contributed by atoms with Gasteiger partial charge in [-0.25, -0.2) is 4.79 Å². The molecule has 0 radical (unpaired) electrons. The number of aryl methyl sites for hydroxylation is 1. The van der Waals surface area contributed by atoms with Crippen LogP contribution in [-0.2, 0) is 4.74 Å². The van der Waals surface area contributed by atoms with Crippen LogP contribution in [0.1, 0.15) is 38.2 Å². The van der Waals surface area contributed by atoms with Crippen molar-refractivity contribution in [3.63, 3.8) is 0 Å². The summed E-state index contributed by atoms with van der Waals surface area (Å²) in [4.78, 5) is 26.0. The average Bonchev–Trinajstić information content (AvgIpc) is 3.16. The Labute approximate surface area is 160 Å². The molecule has 3 heterocycles. The predicted octanol–water partition coefficient (Wildman–Crippen LogP) is 4.45. The third-order valence-electron chi connectivity index (χ3n) is 4.48. The van der Waals surface area contributed by atoms with E-state index in [-0.39, 0.29) is 12.4 Å². The third kappa shape index (κ3) is 2.69. The number of fused-ring (bicyclic) bond motifs is 3. The molecule has 0 atom stereocenters. The summed E-state index contributed by atoms with van der Waals surface area (Å²) in [5, 5.41) is 0.728. The molecule has 0 saturated carbocycles. The van der Waals surface area contributed by atoms with Crippen molar-refractivity contribution in [2.45, 2.75) is 13.8 Å². The number of nitrogens with zero attached hydrogens (tertiary/aromatic N) is 1. The number of hydrogen-bond donors (Lipinski definition) is 1. The number of esters is 1. The monoisotopic (exact) mass is 378 g/mol. The van der Waals surface area contributed by atoms with Gasteiger partial charge in [0.2, 0.25) is 5.78 Å². The lowest BCUT2D eigenvalue weighted by Crippen LogP contribution is -2.08. The van der Waals surface area contributed by atoms with E-state index in [1.165, 1.54) is 11.3 Å². The second-order valence-electron chi connectivity index (χ2n) is 6.27. The van der Waals surface area contributed by atoms with E-state index < -0.39 is 5.97 Å². The molecule has 4 rings (SSSR count). The molecule has 136 valence electrons. The van der Waals surface area contributed by atoms with Gasteiger partial charge in [0.05, 0.1) is 27.4 Å². The zero-order valence-electron chi connectivity index (χ0n) is 15.0. The van der Waals surface area contributed by atoms with Gasteiger partial charge in [0.25, 0.3) is 0 Å². The molecule has 3 aromatic heterocycles. The Kier molecular flexibility index (Phi) is 4.20. The van der Waals surface area contributed by atoms with Gasteiger partial charge in [0.1, 0.15) is 5.69 Å². The first-order valence-corrected chi connectivity index (χ1v) is 9.44. The topological polar surface area (TPSA) is 73.8 Å². The lowest BCUT2D eigenvalue weighted by molar-refractivity contribution is 0.0521. The number of nitrogens with two attached hydrogens (primary N) is 1. The number of thiophene rings is 1. The molecule has 1 aromatic carbocycles. The number of carbonyl (C=O) groups is 2. The number of pyridine rings is 1. The Morgan fingerprint density at radius 2 is 1.93 bits per heavy atom. The molecule has 0 bridgehead atoms. The molecule has 0 aliphatic rings. The van der Waals surface area contributed by atoms with Crippen LogP contribution in [0.4, 0.5) is 5.69 Å². The number of aromatic nitrogens is 1. The Bertz CT molecular complexity index is 1190. The average molecular weight is 378 g/mol. The zero-order valence-corrected chi connectivity index (χ0v) is 15.8. The van der Waals surface area contributed by atoms with Crippen molar-refractivity contribution < 1.29 is 14.3 Å². The first-order chi connectivity index (χ1) is 13.0. The summed E-state index contributed by atoms with van der Waals surface area (Å²) in [5.74, 6) is -0.568. The highest BCUT2D eigenvalue weighted by Crippen LogP contribution is 2.41. The maximum atomic E-state index is 13.0. The summed E-state index contributed by atoms with van der Waals surface area (Å²) in [6.45, 7) is 4.01. The second-order valence-corrected chi connectivity index (χ2v) is 7.29. The van der Waals surface area contributed by atoms with Gasteiger partial charge in [-0.3, -0.25) is 4.79 Å². The second kappa shape index (κ2) is 6.55. The molecule has 4 aromatic rings. The van der Waals surface area contributed by atoms with Crippen LogP contribution >= 0.6 is 11.3 Å². The molecule has 0 saturated heterocycles. The molecule has 0 aliphatic heterocycles. The van der Waals surface area contributed by atoms with Crippen molar-refractivity contribution in [2.24, 2.45) is 0 Å². The maximum Gasteiger partial charge on any atom is 0.356 e. The van der Waals surface area contributed by atoms with Crippen LogP contribution < -0.4 is 5.73 Å². The fraction of sp³-hybridized carbons (Fsp3) is 0.143. The van der Waals surface area contributed by atoms with Crippen LogP contribution in [0.3, 0.4) is 0 Å². The highest BCUT2D eigenvalue weighted by atomic mass is 32.1. The number of benzene rings is 1. The molecule has 27 heavy (non-hydrogen) atoms. The Balaban J connectivity index is 2.02. The molecule has 0 spiro atoms. The van der Waals surface area contributed by atoms with E-state index in [0.717, 1.165) is 16.5 Å². The third-order valence-corrected chi connectivity index (χ3v) is 5.69. The van der Waals surface area contributed by atoms with Crippen LogP contribution in [0, 0.1) is 6.92 Å². The summed E-state index contributed by atoms with van der Waals surface area (Å²) < 4.78 is 7.72. The molecule has 6 heteroatoms. The van der Waals surface area contributed by atoms with Gasteiger partial charge in [-0.15, -0.1) is 11.3 Å². The number of nitrogen functional groups attached to an aromatic ring is 1. The van der Waals surface area contributed by atoms with Crippen molar-refractivity contribution in [3.05, 3.63) is 70.4 Å². The Hall–Kier alpha value is -3.12. The number of ether oxygens (including phenoxy) is 1. The van der Waals surface area contributed by atoms with Gasteiger partial charge in [0.15, 0.2) is 0 Å². The first kappa shape index (κ1) is 17.3. The van der Waals surface area contributed by atoms with Gasteiger partial charge in [-0.05, 0) is 31.5 Å². The molecule has 0 fully saturated rings. The summed E-state index contributed by atoms with van der Waals surface area (Å²) in [6.07, 6.45) is 1.84. The van der Waals surface area contributed by atoms with Gasteiger partial charge in [0, 0.05) is 17.1 Å². The zero-order chi connectivity index (χ0) is 19.1. The van der Waals surface area contributed by atoms with Crippen LogP contribution in [-0.4, -0.2) is 22.8 Å². The quantitative estimate of drug-likeness (QED) is 0.420. The summed E-state index contributed by atoms with van der Waals surface area (Å²) >= 11 is 1.24. The first-order valence-electron chi connectivity index (χ1n) is 8.62. The van der Waals surface area contributed by atoms with E-state index in [2.05, 4.69) is 0 Å². The van der Waals surface area contributed by atoms with Crippen molar-refractivity contribution in [1.82, 2.24) is 4.40 Å². The SMILES string of the molecule is CCOC(=O)c1c2sc(C(=O)c3ccccc3)c(N)c2c2cc(C)ccn12. The van der Waals surface area contributed by atoms with Gasteiger partial charge in [-0.1, -0.05) is 30.3 Å². The van der Waals surface area contributed by atoms with E-state index in [4.69, 9.17) is 10.5 Å². The van der Waals surface area contributed by atoms with Crippen molar-refractivity contribution >= 4 is 44.4 Å². The number of hydrogen-bond acceptors (Lipinski definition) is 5. The Morgan fingerprint density at radius 1 is 1.19 bits per heavy atom. The number of rotatable bonds is 4. The largest absolute Gasteiger partial charge is 0.461 e. The molecular weight excluding hydrogens is 360 g/mol. The van der Waals surface area contributed by atoms with Crippen LogP contribution in [0.5, 0.6) is 0 Å². The number of anilines is 1. The number of ketones is 1. The molecule has 0 amide bonds. The minimum atomic E-state index is -0.425. The predicted molar refractivity (Wildman–Crippen MR) is 108 cm³/mol. The fourth-order valence-corrected chi connectivity index (χ4v) is 4.47. The van der Waals surface area contributed by atoms with E-state index in [1.54, 1.807) is 23.5 Å². The Morgan fingerprint density at radius 3 is 2.63 bits per heavy atom. The summed E-state index contributed by atoms with van der Waals surface area (Å²) in [7, 11) is 0. The lowest BCUT2D eigenvalue weighted by atomic mass is 10.1. The normalized spacial score (nSPS) is 11.2. The minimum Gasteiger partial charge on any atom is -0.461 e. The van der Waals surface area contributed by atoms with Crippen molar-refractivity contribution in [3.8, 4) is 0 Å². The van der Waals surface area contributed by atoms with E-state index in [0.29, 0.717) is 26.5 Å². The van der Waals surface area contributed by atoms with E-state index in [1.807, 2.05) is 43.5 Å². The van der Waals surface area contributed by atoms with E-state index >= 15 is 0 Å². The standard InChI is InChI=1S/C21H18N2O3S/c1-3-26-21(25)17-19-15(14-11-12(2)9-10-23(14)17)16(22)20(27-19)18(24)13-7-5-4-6-8-13/h4-11H,3,22H2,1-2H3. The van der Waals surface area contributed by atoms with Gasteiger partial charge in [-0.2, -0.15) is 0 Å². The van der Waals surface area contributed by atoms with Crippen molar-refractivity contribution in [2.75, 3.05) is 12.3 Å². The lowest BCUT2D eigenvalue weighted by Gasteiger charge is -2.05. The molecule has 0 unspecified atom stereocenters. The summed E-state index contributed by atoms with van der Waals surface area (Å²) in [6, 6.07) is 12.9. The van der Waals surface area contributed by atoms with Crippen LogP contribution in [0.2, 0.25) is 0 Å². The molecule has 5 nitrogen and oxygen atoms in total. The molecule has 0 aliphatic carbocycles. The molecular formula is C21H18N2O3S. The molecule has 2 N–H and O–H groups in total. The summed E-state index contributed by atoms with van der Waals surface area (Å²) in [5.41, 5.74) is 9.63. The van der Waals surface area contributed by atoms with E-state index in [9.17, 15) is 9.59 Å². The van der Waals surface area contributed by atoms with Gasteiger partial charge < -0.3 is 14.9 Å². The number of carbonyl (C=O) groups excluding carboxylic acids is 2. The van der Waals surface area contributed by atoms with Gasteiger partial charge >= 0.3 is 5.97 Å². The minimum absolute atomic E-state index is 0.144. The van der Waals surface area contributed by atoms with Crippen LogP contribution in [0.15, 0.2) is 48.7 Å². The van der Waals surface area contributed by atoms with Crippen molar-refractivity contribution in [1.29, 1.82) is 0 Å². The smallest absolute Gasteiger partial charge is 0.356 e.